The van der Waals surface area contributed by atoms with Crippen LogP contribution in [0, 0.1) is 12.7 Å². The van der Waals surface area contributed by atoms with E-state index in [2.05, 4.69) is 15.3 Å². The SMILES string of the molecule is Cc1ccc(C(C)NC(C)c2ncc[nH]2)cc1F. The first kappa shape index (κ1) is 12.8. The summed E-state index contributed by atoms with van der Waals surface area (Å²) in [7, 11) is 0. The molecular weight excluding hydrogens is 229 g/mol. The fourth-order valence-electron chi connectivity index (χ4n) is 1.94. The second kappa shape index (κ2) is 5.31. The quantitative estimate of drug-likeness (QED) is 0.870. The molecule has 0 saturated heterocycles. The first-order valence-corrected chi connectivity index (χ1v) is 6.09. The Bertz CT molecular complexity index is 508. The van der Waals surface area contributed by atoms with Gasteiger partial charge >= 0.3 is 0 Å². The molecule has 96 valence electrons. The van der Waals surface area contributed by atoms with Gasteiger partial charge in [-0.25, -0.2) is 9.37 Å². The molecule has 2 N–H and O–H groups in total. The number of hydrogen-bond donors (Lipinski definition) is 2. The highest BCUT2D eigenvalue weighted by Crippen LogP contribution is 2.19. The molecule has 0 saturated carbocycles. The molecule has 1 aromatic carbocycles. The van der Waals surface area contributed by atoms with Crippen LogP contribution in [0.25, 0.3) is 0 Å². The van der Waals surface area contributed by atoms with Gasteiger partial charge in [-0.1, -0.05) is 12.1 Å². The predicted molar refractivity (Wildman–Crippen MR) is 69.7 cm³/mol. The summed E-state index contributed by atoms with van der Waals surface area (Å²) < 4.78 is 13.5. The highest BCUT2D eigenvalue weighted by Gasteiger charge is 2.13. The molecule has 1 aromatic heterocycles. The number of aromatic amines is 1. The topological polar surface area (TPSA) is 40.7 Å². The average molecular weight is 247 g/mol. The lowest BCUT2D eigenvalue weighted by Crippen LogP contribution is -2.23. The minimum atomic E-state index is -0.160. The maximum absolute atomic E-state index is 13.5. The van der Waals surface area contributed by atoms with Crippen molar-refractivity contribution in [3.8, 4) is 0 Å². The van der Waals surface area contributed by atoms with Gasteiger partial charge in [0.25, 0.3) is 0 Å². The number of nitrogens with zero attached hydrogens (tertiary/aromatic N) is 1. The Morgan fingerprint density at radius 3 is 2.67 bits per heavy atom. The standard InChI is InChI=1S/C14H18FN3/c1-9-4-5-12(8-13(9)15)10(2)18-11(3)14-16-6-7-17-14/h4-8,10-11,18H,1-3H3,(H,16,17). The van der Waals surface area contributed by atoms with Crippen LogP contribution in [0.15, 0.2) is 30.6 Å². The Hall–Kier alpha value is -1.68. The van der Waals surface area contributed by atoms with Crippen LogP contribution in [0.4, 0.5) is 4.39 Å². The Morgan fingerprint density at radius 1 is 1.28 bits per heavy atom. The average Bonchev–Trinajstić information content (AvgIpc) is 2.86. The Labute approximate surface area is 106 Å². The van der Waals surface area contributed by atoms with Crippen LogP contribution in [0.3, 0.4) is 0 Å². The van der Waals surface area contributed by atoms with E-state index in [9.17, 15) is 4.39 Å². The number of hydrogen-bond acceptors (Lipinski definition) is 2. The number of rotatable bonds is 4. The summed E-state index contributed by atoms with van der Waals surface area (Å²) in [5.74, 6) is 0.723. The first-order chi connectivity index (χ1) is 8.58. The minimum absolute atomic E-state index is 0.0696. The summed E-state index contributed by atoms with van der Waals surface area (Å²) in [6, 6.07) is 5.51. The third-order valence-corrected chi connectivity index (χ3v) is 3.13. The molecule has 18 heavy (non-hydrogen) atoms. The van der Waals surface area contributed by atoms with Gasteiger partial charge in [-0.15, -0.1) is 0 Å². The van der Waals surface area contributed by atoms with Crippen molar-refractivity contribution in [3.05, 3.63) is 53.4 Å². The lowest BCUT2D eigenvalue weighted by atomic mass is 10.1. The second-order valence-electron chi connectivity index (χ2n) is 4.59. The van der Waals surface area contributed by atoms with Crippen LogP contribution in [0.1, 0.15) is 42.9 Å². The Balaban J connectivity index is 2.07. The molecule has 2 rings (SSSR count). The van der Waals surface area contributed by atoms with Crippen molar-refractivity contribution in [1.29, 1.82) is 0 Å². The number of aryl methyl sites for hydroxylation is 1. The Morgan fingerprint density at radius 2 is 2.06 bits per heavy atom. The molecule has 2 unspecified atom stereocenters. The van der Waals surface area contributed by atoms with Crippen molar-refractivity contribution in [1.82, 2.24) is 15.3 Å². The van der Waals surface area contributed by atoms with Gasteiger partial charge in [0.2, 0.25) is 0 Å². The van der Waals surface area contributed by atoms with E-state index >= 15 is 0 Å². The highest BCUT2D eigenvalue weighted by molar-refractivity contribution is 5.25. The van der Waals surface area contributed by atoms with Gasteiger partial charge in [0.15, 0.2) is 0 Å². The van der Waals surface area contributed by atoms with Gasteiger partial charge in [-0.05, 0) is 38.0 Å². The molecule has 0 spiro atoms. The summed E-state index contributed by atoms with van der Waals surface area (Å²) >= 11 is 0. The van der Waals surface area contributed by atoms with E-state index in [0.717, 1.165) is 11.4 Å². The molecule has 3 nitrogen and oxygen atoms in total. The van der Waals surface area contributed by atoms with Gasteiger partial charge in [0.05, 0.1) is 6.04 Å². The molecule has 0 bridgehead atoms. The van der Waals surface area contributed by atoms with Crippen LogP contribution in [0.2, 0.25) is 0 Å². The number of halogens is 1. The Kier molecular flexibility index (Phi) is 3.77. The predicted octanol–water partition coefficient (Wildman–Crippen LogP) is 3.27. The summed E-state index contributed by atoms with van der Waals surface area (Å²) in [6.45, 7) is 5.81. The zero-order valence-corrected chi connectivity index (χ0v) is 10.9. The third-order valence-electron chi connectivity index (χ3n) is 3.13. The van der Waals surface area contributed by atoms with Gasteiger partial charge in [-0.3, -0.25) is 0 Å². The zero-order chi connectivity index (χ0) is 13.1. The van der Waals surface area contributed by atoms with Crippen molar-refractivity contribution in [3.63, 3.8) is 0 Å². The van der Waals surface area contributed by atoms with Gasteiger partial charge in [0, 0.05) is 18.4 Å². The molecule has 0 aliphatic rings. The minimum Gasteiger partial charge on any atom is -0.347 e. The molecule has 1 heterocycles. The lowest BCUT2D eigenvalue weighted by Gasteiger charge is -2.19. The lowest BCUT2D eigenvalue weighted by molar-refractivity contribution is 0.477. The fourth-order valence-corrected chi connectivity index (χ4v) is 1.94. The number of nitrogens with one attached hydrogen (secondary N) is 2. The summed E-state index contributed by atoms with van der Waals surface area (Å²) in [5, 5.41) is 3.38. The van der Waals surface area contributed by atoms with E-state index in [4.69, 9.17) is 0 Å². The fraction of sp³-hybridized carbons (Fsp3) is 0.357. The van der Waals surface area contributed by atoms with Crippen LogP contribution < -0.4 is 5.32 Å². The summed E-state index contributed by atoms with van der Waals surface area (Å²) in [5.41, 5.74) is 1.61. The molecule has 2 atom stereocenters. The normalized spacial score (nSPS) is 14.4. The summed E-state index contributed by atoms with van der Waals surface area (Å²) in [6.07, 6.45) is 3.52. The van der Waals surface area contributed by atoms with Crippen LogP contribution in [-0.4, -0.2) is 9.97 Å². The van der Waals surface area contributed by atoms with Crippen molar-refractivity contribution in [2.24, 2.45) is 0 Å². The maximum Gasteiger partial charge on any atom is 0.126 e. The van der Waals surface area contributed by atoms with E-state index in [1.54, 1.807) is 31.5 Å². The third kappa shape index (κ3) is 2.76. The van der Waals surface area contributed by atoms with Gasteiger partial charge in [-0.2, -0.15) is 0 Å². The van der Waals surface area contributed by atoms with Crippen molar-refractivity contribution < 1.29 is 4.39 Å². The summed E-state index contributed by atoms with van der Waals surface area (Å²) in [4.78, 5) is 7.27. The van der Waals surface area contributed by atoms with E-state index in [1.807, 2.05) is 19.9 Å². The first-order valence-electron chi connectivity index (χ1n) is 6.09. The van der Waals surface area contributed by atoms with Crippen LogP contribution in [0.5, 0.6) is 0 Å². The van der Waals surface area contributed by atoms with E-state index < -0.39 is 0 Å². The van der Waals surface area contributed by atoms with Crippen molar-refractivity contribution >= 4 is 0 Å². The highest BCUT2D eigenvalue weighted by atomic mass is 19.1. The van der Waals surface area contributed by atoms with Gasteiger partial charge in [0.1, 0.15) is 11.6 Å². The molecule has 2 aromatic rings. The molecular formula is C14H18FN3. The van der Waals surface area contributed by atoms with Crippen LogP contribution in [-0.2, 0) is 0 Å². The second-order valence-corrected chi connectivity index (χ2v) is 4.59. The smallest absolute Gasteiger partial charge is 0.126 e. The number of benzene rings is 1. The largest absolute Gasteiger partial charge is 0.347 e. The van der Waals surface area contributed by atoms with E-state index in [0.29, 0.717) is 5.56 Å². The number of aromatic nitrogens is 2. The van der Waals surface area contributed by atoms with Crippen molar-refractivity contribution in [2.45, 2.75) is 32.9 Å². The molecule has 4 heteroatoms. The number of H-pyrrole nitrogens is 1. The molecule has 0 fully saturated rings. The molecule has 0 aliphatic carbocycles. The van der Waals surface area contributed by atoms with E-state index in [1.165, 1.54) is 0 Å². The monoisotopic (exact) mass is 247 g/mol. The maximum atomic E-state index is 13.5. The van der Waals surface area contributed by atoms with Gasteiger partial charge < -0.3 is 10.3 Å². The zero-order valence-electron chi connectivity index (χ0n) is 10.9. The number of imidazole rings is 1. The molecule has 0 amide bonds. The van der Waals surface area contributed by atoms with Crippen molar-refractivity contribution in [2.75, 3.05) is 0 Å². The molecule has 0 aliphatic heterocycles. The van der Waals surface area contributed by atoms with Crippen LogP contribution >= 0.6 is 0 Å². The molecule has 0 radical (unpaired) electrons. The van der Waals surface area contributed by atoms with E-state index in [-0.39, 0.29) is 17.9 Å².